The van der Waals surface area contributed by atoms with Crippen LogP contribution in [0.15, 0.2) is 48.8 Å². The normalized spacial score (nSPS) is 19.3. The maximum absolute atomic E-state index is 12.8. The molecule has 0 bridgehead atoms. The number of ether oxygens (including phenoxy) is 2. The molecule has 1 aromatic heterocycles. The van der Waals surface area contributed by atoms with Crippen molar-refractivity contribution in [2.45, 2.75) is 12.0 Å². The molecule has 7 heteroatoms. The monoisotopic (exact) mass is 383 g/mol. The van der Waals surface area contributed by atoms with Gasteiger partial charge >= 0.3 is 0 Å². The van der Waals surface area contributed by atoms with Crippen molar-refractivity contribution in [3.63, 3.8) is 0 Å². The van der Waals surface area contributed by atoms with Gasteiger partial charge in [-0.3, -0.25) is 14.6 Å². The highest BCUT2D eigenvalue weighted by molar-refractivity contribution is 5.87. The van der Waals surface area contributed by atoms with Crippen molar-refractivity contribution in [1.29, 1.82) is 0 Å². The molecule has 1 saturated heterocycles. The van der Waals surface area contributed by atoms with Crippen molar-refractivity contribution in [2.24, 2.45) is 0 Å². The molecule has 1 aliphatic heterocycles. The van der Waals surface area contributed by atoms with Gasteiger partial charge in [0.25, 0.3) is 5.91 Å². The number of likely N-dealkylation sites (N-methyl/N-ethyl adjacent to an activating group) is 1. The average Bonchev–Trinajstić information content (AvgIpc) is 2.74. The summed E-state index contributed by atoms with van der Waals surface area (Å²) in [6.07, 6.45) is 3.86. The molecule has 1 fully saturated rings. The maximum Gasteiger partial charge on any atom is 0.254 e. The second-order valence-corrected chi connectivity index (χ2v) is 6.78. The molecule has 2 aromatic rings. The summed E-state index contributed by atoms with van der Waals surface area (Å²) in [6.45, 7) is 0.917. The Balaban J connectivity index is 1.87. The fourth-order valence-electron chi connectivity index (χ4n) is 3.50. The minimum Gasteiger partial charge on any atom is -0.375 e. The molecule has 2 amide bonds. The summed E-state index contributed by atoms with van der Waals surface area (Å²) < 4.78 is 10.9. The van der Waals surface area contributed by atoms with Crippen LogP contribution in [0.1, 0.15) is 5.56 Å². The zero-order valence-electron chi connectivity index (χ0n) is 16.2. The largest absolute Gasteiger partial charge is 0.375 e. The Labute approximate surface area is 164 Å². The second kappa shape index (κ2) is 8.95. The number of morpholine rings is 1. The summed E-state index contributed by atoms with van der Waals surface area (Å²) in [7, 11) is 3.06. The van der Waals surface area contributed by atoms with Crippen molar-refractivity contribution in [3.05, 3.63) is 54.4 Å². The van der Waals surface area contributed by atoms with Crippen LogP contribution in [0.5, 0.6) is 0 Å². The lowest BCUT2D eigenvalue weighted by Gasteiger charge is -2.41. The number of carbonyl (C=O) groups is 2. The molecule has 0 aliphatic carbocycles. The number of nitrogens with one attached hydrogen (secondary N) is 1. The molecule has 3 rings (SSSR count). The van der Waals surface area contributed by atoms with Crippen LogP contribution in [0.2, 0.25) is 0 Å². The van der Waals surface area contributed by atoms with E-state index in [1.807, 2.05) is 36.4 Å². The summed E-state index contributed by atoms with van der Waals surface area (Å²) in [5, 5.41) is 2.69. The molecule has 28 heavy (non-hydrogen) atoms. The van der Waals surface area contributed by atoms with Crippen LogP contribution in [0, 0.1) is 0 Å². The molecular formula is C21H25N3O4. The van der Waals surface area contributed by atoms with E-state index in [1.165, 1.54) is 7.11 Å². The van der Waals surface area contributed by atoms with E-state index in [4.69, 9.17) is 9.47 Å². The minimum atomic E-state index is -1.13. The number of hydrogen-bond donors (Lipinski definition) is 1. The van der Waals surface area contributed by atoms with Crippen molar-refractivity contribution in [2.75, 3.05) is 40.5 Å². The van der Waals surface area contributed by atoms with Crippen LogP contribution in [0.3, 0.4) is 0 Å². The fraction of sp³-hybridized carbons (Fsp3) is 0.381. The Kier molecular flexibility index (Phi) is 6.38. The minimum absolute atomic E-state index is 0.0125. The van der Waals surface area contributed by atoms with Crippen molar-refractivity contribution < 1.29 is 19.1 Å². The zero-order valence-corrected chi connectivity index (χ0v) is 16.2. The highest BCUT2D eigenvalue weighted by atomic mass is 16.5. The van der Waals surface area contributed by atoms with E-state index >= 15 is 0 Å². The molecule has 1 aromatic carbocycles. The van der Waals surface area contributed by atoms with E-state index in [-0.39, 0.29) is 25.0 Å². The first-order chi connectivity index (χ1) is 13.6. The Hall–Kier alpha value is -2.77. The van der Waals surface area contributed by atoms with Crippen LogP contribution in [0.4, 0.5) is 0 Å². The third-order valence-corrected chi connectivity index (χ3v) is 4.88. The second-order valence-electron chi connectivity index (χ2n) is 6.78. The predicted molar refractivity (Wildman–Crippen MR) is 105 cm³/mol. The number of carbonyl (C=O) groups excluding carboxylic acids is 2. The van der Waals surface area contributed by atoms with Gasteiger partial charge < -0.3 is 19.7 Å². The smallest absolute Gasteiger partial charge is 0.254 e. The average molecular weight is 383 g/mol. The molecule has 1 atom stereocenters. The molecule has 148 valence electrons. The van der Waals surface area contributed by atoms with Crippen LogP contribution in [-0.4, -0.2) is 67.8 Å². The Bertz CT molecular complexity index is 827. The van der Waals surface area contributed by atoms with Gasteiger partial charge in [0.1, 0.15) is 6.61 Å². The molecule has 7 nitrogen and oxygen atoms in total. The summed E-state index contributed by atoms with van der Waals surface area (Å²) in [5.74, 6) is -0.388. The summed E-state index contributed by atoms with van der Waals surface area (Å²) >= 11 is 0. The number of benzene rings is 1. The Morgan fingerprint density at radius 2 is 2.04 bits per heavy atom. The number of methoxy groups -OCH3 is 1. The lowest BCUT2D eigenvalue weighted by molar-refractivity contribution is -0.167. The quantitative estimate of drug-likeness (QED) is 0.813. The molecule has 0 radical (unpaired) electrons. The first kappa shape index (κ1) is 20.0. The van der Waals surface area contributed by atoms with Crippen LogP contribution in [-0.2, 0) is 25.5 Å². The third-order valence-electron chi connectivity index (χ3n) is 4.88. The topological polar surface area (TPSA) is 80.8 Å². The molecule has 0 saturated carbocycles. The van der Waals surface area contributed by atoms with E-state index in [1.54, 1.807) is 24.3 Å². The van der Waals surface area contributed by atoms with E-state index in [2.05, 4.69) is 10.3 Å². The molecule has 0 unspecified atom stereocenters. The first-order valence-electron chi connectivity index (χ1n) is 9.20. The number of aromatic nitrogens is 1. The summed E-state index contributed by atoms with van der Waals surface area (Å²) in [6, 6.07) is 11.9. The molecule has 0 spiro atoms. The number of pyridine rings is 1. The third kappa shape index (κ3) is 4.37. The SMILES string of the molecule is CNC(=O)[C@]1(Cc2cccc(-c3ccncc3)c2)CN(C(=O)COC)CCO1. The number of rotatable bonds is 6. The van der Waals surface area contributed by atoms with Gasteiger partial charge in [-0.2, -0.15) is 0 Å². The standard InChI is InChI=1S/C21H25N3O4/c1-22-20(26)21(15-24(10-11-28-21)19(25)14-27-2)13-16-4-3-5-18(12-16)17-6-8-23-9-7-17/h3-9,12H,10-11,13-15H2,1-2H3,(H,22,26)/t21-/m0/s1. The zero-order chi connectivity index (χ0) is 20.0. The van der Waals surface area contributed by atoms with E-state index in [0.717, 1.165) is 16.7 Å². The van der Waals surface area contributed by atoms with Gasteiger partial charge in [0.15, 0.2) is 5.60 Å². The first-order valence-corrected chi connectivity index (χ1v) is 9.20. The summed E-state index contributed by atoms with van der Waals surface area (Å²) in [4.78, 5) is 30.7. The highest BCUT2D eigenvalue weighted by Crippen LogP contribution is 2.27. The van der Waals surface area contributed by atoms with Gasteiger partial charge in [-0.1, -0.05) is 24.3 Å². The van der Waals surface area contributed by atoms with Gasteiger partial charge in [-0.05, 0) is 28.8 Å². The highest BCUT2D eigenvalue weighted by Gasteiger charge is 2.44. The lowest BCUT2D eigenvalue weighted by Crippen LogP contribution is -2.62. The van der Waals surface area contributed by atoms with Gasteiger partial charge in [0.05, 0.1) is 13.2 Å². The molecule has 1 aliphatic rings. The van der Waals surface area contributed by atoms with Gasteiger partial charge in [0.2, 0.25) is 5.91 Å². The molecular weight excluding hydrogens is 358 g/mol. The number of hydrogen-bond acceptors (Lipinski definition) is 5. The van der Waals surface area contributed by atoms with E-state index < -0.39 is 5.60 Å². The van der Waals surface area contributed by atoms with Gasteiger partial charge in [-0.25, -0.2) is 0 Å². The molecule has 2 heterocycles. The van der Waals surface area contributed by atoms with Crippen LogP contribution >= 0.6 is 0 Å². The van der Waals surface area contributed by atoms with Crippen LogP contribution in [0.25, 0.3) is 11.1 Å². The summed E-state index contributed by atoms with van der Waals surface area (Å²) in [5.41, 5.74) is 1.91. The number of amides is 2. The van der Waals surface area contributed by atoms with Crippen molar-refractivity contribution >= 4 is 11.8 Å². The van der Waals surface area contributed by atoms with Gasteiger partial charge in [-0.15, -0.1) is 0 Å². The predicted octanol–water partition coefficient (Wildman–Crippen LogP) is 1.28. The Morgan fingerprint density at radius 1 is 1.25 bits per heavy atom. The lowest BCUT2D eigenvalue weighted by atomic mass is 9.90. The maximum atomic E-state index is 12.8. The number of nitrogens with zero attached hydrogens (tertiary/aromatic N) is 2. The van der Waals surface area contributed by atoms with E-state index in [0.29, 0.717) is 19.6 Å². The fourth-order valence-corrected chi connectivity index (χ4v) is 3.50. The van der Waals surface area contributed by atoms with Gasteiger partial charge in [0, 0.05) is 39.5 Å². The van der Waals surface area contributed by atoms with E-state index in [9.17, 15) is 9.59 Å². The Morgan fingerprint density at radius 3 is 2.75 bits per heavy atom. The molecule has 1 N–H and O–H groups in total. The van der Waals surface area contributed by atoms with Crippen molar-refractivity contribution in [1.82, 2.24) is 15.2 Å². The van der Waals surface area contributed by atoms with Crippen LogP contribution < -0.4 is 5.32 Å². The van der Waals surface area contributed by atoms with Crippen molar-refractivity contribution in [3.8, 4) is 11.1 Å².